The van der Waals surface area contributed by atoms with Crippen molar-refractivity contribution in [2.75, 3.05) is 25.5 Å². The zero-order chi connectivity index (χ0) is 25.8. The molecule has 2 aliphatic rings. The zero-order valence-electron chi connectivity index (χ0n) is 23.4. The molecule has 0 aliphatic carbocycles. The van der Waals surface area contributed by atoms with Crippen LogP contribution in [-0.2, 0) is 9.47 Å². The Morgan fingerprint density at radius 2 is 1.00 bits per heavy atom. The smallest absolute Gasteiger partial charge is 0.169 e. The molecule has 0 radical (unpaired) electrons. The second-order valence-corrected chi connectivity index (χ2v) is 13.5. The fraction of sp³-hybridized carbons (Fsp3) is 0.455. The second-order valence-electron chi connectivity index (χ2n) is 11.1. The van der Waals surface area contributed by atoms with Crippen molar-refractivity contribution in [2.24, 2.45) is 0 Å². The van der Waals surface area contributed by atoms with Gasteiger partial charge in [-0.15, -0.1) is 0 Å². The van der Waals surface area contributed by atoms with Crippen molar-refractivity contribution in [1.29, 1.82) is 0 Å². The lowest BCUT2D eigenvalue weighted by atomic mass is 9.86. The van der Waals surface area contributed by atoms with Gasteiger partial charge in [0.15, 0.2) is 5.79 Å². The first-order chi connectivity index (χ1) is 17.1. The topological polar surface area (TPSA) is 18.5 Å². The van der Waals surface area contributed by atoms with E-state index in [1.54, 1.807) is 5.30 Å². The normalized spacial score (nSPS) is 17.8. The molecule has 2 aliphatic heterocycles. The fourth-order valence-corrected chi connectivity index (χ4v) is 9.33. The van der Waals surface area contributed by atoms with Crippen LogP contribution in [0, 0.1) is 55.4 Å². The standard InChI is InChI=1S/C33H41O2P/c1-20-18-21(2)25(6)30(24(20)5)28-10-9-11-29(31-26(7)22(3)19-23(4)27(31)8)32(28)36-16-12-33(13-17-36)34-14-15-35-33/h9-11,18-19H,12-17H2,1-8H3. The number of aryl methyl sites for hydroxylation is 4. The lowest BCUT2D eigenvalue weighted by molar-refractivity contribution is -0.161. The van der Waals surface area contributed by atoms with Crippen molar-refractivity contribution < 1.29 is 9.47 Å². The maximum Gasteiger partial charge on any atom is 0.169 e. The summed E-state index contributed by atoms with van der Waals surface area (Å²) in [7, 11) is -0.346. The van der Waals surface area contributed by atoms with E-state index in [4.69, 9.17) is 9.47 Å². The van der Waals surface area contributed by atoms with Crippen molar-refractivity contribution in [3.63, 3.8) is 0 Å². The van der Waals surface area contributed by atoms with Crippen molar-refractivity contribution in [1.82, 2.24) is 0 Å². The highest BCUT2D eigenvalue weighted by Crippen LogP contribution is 2.51. The fourth-order valence-electron chi connectivity index (χ4n) is 6.39. The first-order valence-electron chi connectivity index (χ1n) is 13.4. The molecule has 2 nitrogen and oxygen atoms in total. The number of ether oxygens (including phenoxy) is 2. The van der Waals surface area contributed by atoms with Crippen LogP contribution >= 0.6 is 7.92 Å². The Balaban J connectivity index is 1.77. The van der Waals surface area contributed by atoms with E-state index in [1.165, 1.54) is 66.8 Å². The largest absolute Gasteiger partial charge is 0.348 e. The number of rotatable bonds is 3. The summed E-state index contributed by atoms with van der Waals surface area (Å²) in [5.74, 6) is -0.328. The molecule has 2 saturated heterocycles. The van der Waals surface area contributed by atoms with Gasteiger partial charge in [-0.2, -0.15) is 0 Å². The molecule has 0 bridgehead atoms. The van der Waals surface area contributed by atoms with Gasteiger partial charge < -0.3 is 9.47 Å². The lowest BCUT2D eigenvalue weighted by Gasteiger charge is -2.37. The van der Waals surface area contributed by atoms with Gasteiger partial charge in [-0.3, -0.25) is 0 Å². The Hall–Kier alpha value is -1.99. The first-order valence-corrected chi connectivity index (χ1v) is 15.2. The molecular weight excluding hydrogens is 459 g/mol. The molecule has 2 fully saturated rings. The molecule has 0 amide bonds. The van der Waals surface area contributed by atoms with Crippen LogP contribution in [0.25, 0.3) is 22.3 Å². The summed E-state index contributed by atoms with van der Waals surface area (Å²) >= 11 is 0. The van der Waals surface area contributed by atoms with Crippen LogP contribution in [0.2, 0.25) is 0 Å². The molecule has 0 saturated carbocycles. The van der Waals surface area contributed by atoms with Gasteiger partial charge in [0.2, 0.25) is 0 Å². The zero-order valence-corrected chi connectivity index (χ0v) is 24.3. The van der Waals surface area contributed by atoms with E-state index in [0.29, 0.717) is 0 Å². The third-order valence-corrected chi connectivity index (χ3v) is 11.6. The van der Waals surface area contributed by atoms with Crippen LogP contribution in [-0.4, -0.2) is 31.3 Å². The maximum absolute atomic E-state index is 6.12. The molecular formula is C33H41O2P. The minimum absolute atomic E-state index is 0.328. The summed E-state index contributed by atoms with van der Waals surface area (Å²) < 4.78 is 12.2. The molecule has 3 aromatic rings. The van der Waals surface area contributed by atoms with Crippen molar-refractivity contribution >= 4 is 13.2 Å². The Morgan fingerprint density at radius 3 is 1.39 bits per heavy atom. The Kier molecular flexibility index (Phi) is 6.92. The molecule has 2 heterocycles. The SMILES string of the molecule is Cc1cc(C)c(C)c(-c2cccc(-c3c(C)c(C)cc(C)c3C)c2P2CCC3(CC2)OCCO3)c1C. The number of benzene rings is 3. The lowest BCUT2D eigenvalue weighted by Crippen LogP contribution is -2.37. The molecule has 5 rings (SSSR count). The number of hydrogen-bond donors (Lipinski definition) is 0. The van der Waals surface area contributed by atoms with Gasteiger partial charge in [0, 0.05) is 12.8 Å². The van der Waals surface area contributed by atoms with E-state index in [0.717, 1.165) is 38.4 Å². The van der Waals surface area contributed by atoms with Crippen molar-refractivity contribution in [2.45, 2.75) is 74.0 Å². The van der Waals surface area contributed by atoms with E-state index < -0.39 is 0 Å². The number of hydrogen-bond acceptors (Lipinski definition) is 2. The molecule has 3 heteroatoms. The van der Waals surface area contributed by atoms with Gasteiger partial charge in [0.1, 0.15) is 0 Å². The third kappa shape index (κ3) is 4.26. The van der Waals surface area contributed by atoms with Crippen LogP contribution in [0.4, 0.5) is 0 Å². The molecule has 1 spiro atoms. The van der Waals surface area contributed by atoms with Crippen molar-refractivity contribution in [3.05, 3.63) is 74.8 Å². The van der Waals surface area contributed by atoms with Gasteiger partial charge in [-0.25, -0.2) is 0 Å². The van der Waals surface area contributed by atoms with E-state index in [-0.39, 0.29) is 13.7 Å². The van der Waals surface area contributed by atoms with Gasteiger partial charge in [-0.1, -0.05) is 38.3 Å². The maximum atomic E-state index is 6.12. The van der Waals surface area contributed by atoms with Gasteiger partial charge in [0.25, 0.3) is 0 Å². The van der Waals surface area contributed by atoms with Gasteiger partial charge in [0.05, 0.1) is 13.2 Å². The van der Waals surface area contributed by atoms with Gasteiger partial charge in [-0.05, 0) is 140 Å². The minimum Gasteiger partial charge on any atom is -0.348 e. The first kappa shape index (κ1) is 25.7. The Labute approximate surface area is 219 Å². The summed E-state index contributed by atoms with van der Waals surface area (Å²) in [4.78, 5) is 0. The highest BCUT2D eigenvalue weighted by molar-refractivity contribution is 7.66. The average Bonchev–Trinajstić information content (AvgIpc) is 3.31. The predicted octanol–water partition coefficient (Wildman–Crippen LogP) is 8.13. The predicted molar refractivity (Wildman–Crippen MR) is 155 cm³/mol. The molecule has 0 unspecified atom stereocenters. The molecule has 190 valence electrons. The average molecular weight is 501 g/mol. The van der Waals surface area contributed by atoms with Crippen LogP contribution in [0.3, 0.4) is 0 Å². The molecule has 36 heavy (non-hydrogen) atoms. The molecule has 0 aromatic heterocycles. The summed E-state index contributed by atoms with van der Waals surface area (Å²) in [6.45, 7) is 19.8. The van der Waals surface area contributed by atoms with E-state index in [9.17, 15) is 0 Å². The molecule has 0 atom stereocenters. The highest BCUT2D eigenvalue weighted by Gasteiger charge is 2.41. The monoisotopic (exact) mass is 500 g/mol. The second kappa shape index (κ2) is 9.71. The van der Waals surface area contributed by atoms with E-state index in [1.807, 2.05) is 0 Å². The molecule has 0 N–H and O–H groups in total. The van der Waals surface area contributed by atoms with Crippen LogP contribution in [0.5, 0.6) is 0 Å². The summed E-state index contributed by atoms with van der Waals surface area (Å²) in [6, 6.07) is 11.8. The summed E-state index contributed by atoms with van der Waals surface area (Å²) in [5.41, 5.74) is 17.0. The van der Waals surface area contributed by atoms with Crippen LogP contribution in [0.1, 0.15) is 57.3 Å². The van der Waals surface area contributed by atoms with E-state index >= 15 is 0 Å². The van der Waals surface area contributed by atoms with Gasteiger partial charge >= 0.3 is 0 Å². The summed E-state index contributed by atoms with van der Waals surface area (Å²) in [5, 5.41) is 1.59. The highest BCUT2D eigenvalue weighted by atomic mass is 31.1. The third-order valence-electron chi connectivity index (χ3n) is 8.96. The van der Waals surface area contributed by atoms with Crippen LogP contribution in [0.15, 0.2) is 30.3 Å². The molecule has 3 aromatic carbocycles. The Bertz CT molecular complexity index is 1190. The van der Waals surface area contributed by atoms with Crippen LogP contribution < -0.4 is 5.30 Å². The van der Waals surface area contributed by atoms with Crippen molar-refractivity contribution in [3.8, 4) is 22.3 Å². The quantitative estimate of drug-likeness (QED) is 0.338. The summed E-state index contributed by atoms with van der Waals surface area (Å²) in [6.07, 6.45) is 4.32. The van der Waals surface area contributed by atoms with E-state index in [2.05, 4.69) is 85.7 Å². The minimum atomic E-state index is -0.346. The Morgan fingerprint density at radius 1 is 0.611 bits per heavy atom.